The zero-order chi connectivity index (χ0) is 16.3. The molecule has 2 rings (SSSR count). The molecule has 0 spiro atoms. The predicted molar refractivity (Wildman–Crippen MR) is 88.7 cm³/mol. The first-order chi connectivity index (χ1) is 10.3. The highest BCUT2D eigenvalue weighted by atomic mass is 32.2. The lowest BCUT2D eigenvalue weighted by Gasteiger charge is -2.22. The van der Waals surface area contributed by atoms with E-state index in [9.17, 15) is 8.60 Å². The first-order valence-electron chi connectivity index (χ1n) is 7.87. The van der Waals surface area contributed by atoms with E-state index in [-0.39, 0.29) is 22.4 Å². The summed E-state index contributed by atoms with van der Waals surface area (Å²) in [7, 11) is -1.17. The van der Waals surface area contributed by atoms with Crippen molar-refractivity contribution in [3.05, 3.63) is 29.6 Å². The van der Waals surface area contributed by atoms with E-state index < -0.39 is 11.0 Å². The van der Waals surface area contributed by atoms with Crippen molar-refractivity contribution in [2.24, 2.45) is 5.92 Å². The average molecular weight is 327 g/mol. The Bertz CT molecular complexity index is 538. The lowest BCUT2D eigenvalue weighted by Crippen LogP contribution is -2.34. The number of ether oxygens (including phenoxy) is 1. The maximum absolute atomic E-state index is 13.8. The summed E-state index contributed by atoms with van der Waals surface area (Å²) < 4.78 is 34.3. The normalized spacial score (nSPS) is 18.0. The van der Waals surface area contributed by atoms with Crippen molar-refractivity contribution in [2.75, 3.05) is 6.61 Å². The molecule has 1 saturated carbocycles. The quantitative estimate of drug-likeness (QED) is 0.818. The van der Waals surface area contributed by atoms with E-state index in [4.69, 9.17) is 4.74 Å². The molecule has 1 aliphatic rings. The second-order valence-electron chi connectivity index (χ2n) is 6.99. The summed E-state index contributed by atoms with van der Waals surface area (Å²) in [5.74, 6) is 0.707. The third-order valence-corrected chi connectivity index (χ3v) is 5.46. The van der Waals surface area contributed by atoms with Crippen LogP contribution in [0.15, 0.2) is 18.2 Å². The molecule has 1 N–H and O–H groups in total. The van der Waals surface area contributed by atoms with Gasteiger partial charge in [0.2, 0.25) is 0 Å². The van der Waals surface area contributed by atoms with Crippen LogP contribution in [0, 0.1) is 11.7 Å². The molecule has 0 aliphatic heterocycles. The van der Waals surface area contributed by atoms with Crippen LogP contribution in [-0.4, -0.2) is 15.6 Å². The van der Waals surface area contributed by atoms with Gasteiger partial charge in [0.15, 0.2) is 11.6 Å². The van der Waals surface area contributed by atoms with Gasteiger partial charge in [0, 0.05) is 6.04 Å². The molecule has 0 unspecified atom stereocenters. The SMILES string of the molecule is C[C@H](N[S@@](=O)C(C)(C)C)c1ccc(F)c(OCCC2CC2)c1. The lowest BCUT2D eigenvalue weighted by molar-refractivity contribution is 0.287. The number of hydrogen-bond acceptors (Lipinski definition) is 2. The van der Waals surface area contributed by atoms with Crippen LogP contribution in [0.2, 0.25) is 0 Å². The Morgan fingerprint density at radius 2 is 2.09 bits per heavy atom. The van der Waals surface area contributed by atoms with Crippen LogP contribution in [-0.2, 0) is 11.0 Å². The van der Waals surface area contributed by atoms with E-state index in [2.05, 4.69) is 4.72 Å². The van der Waals surface area contributed by atoms with Crippen LogP contribution in [0.5, 0.6) is 5.75 Å². The van der Waals surface area contributed by atoms with Gasteiger partial charge >= 0.3 is 0 Å². The number of nitrogens with one attached hydrogen (secondary N) is 1. The van der Waals surface area contributed by atoms with E-state index in [1.807, 2.05) is 27.7 Å². The Hall–Kier alpha value is -0.940. The van der Waals surface area contributed by atoms with E-state index in [1.165, 1.54) is 18.9 Å². The van der Waals surface area contributed by atoms with Crippen molar-refractivity contribution < 1.29 is 13.3 Å². The van der Waals surface area contributed by atoms with Gasteiger partial charge in [0.1, 0.15) is 0 Å². The molecule has 22 heavy (non-hydrogen) atoms. The van der Waals surface area contributed by atoms with Gasteiger partial charge in [0.25, 0.3) is 0 Å². The van der Waals surface area contributed by atoms with Gasteiger partial charge in [-0.15, -0.1) is 0 Å². The highest BCUT2D eigenvalue weighted by Crippen LogP contribution is 2.32. The number of halogens is 1. The van der Waals surface area contributed by atoms with E-state index in [1.54, 1.807) is 12.1 Å². The summed E-state index contributed by atoms with van der Waals surface area (Å²) in [5, 5.41) is 0. The van der Waals surface area contributed by atoms with Gasteiger partial charge in [-0.1, -0.05) is 18.9 Å². The van der Waals surface area contributed by atoms with E-state index in [0.29, 0.717) is 6.61 Å². The maximum Gasteiger partial charge on any atom is 0.165 e. The summed E-state index contributed by atoms with van der Waals surface area (Å²) in [6, 6.07) is 4.70. The smallest absolute Gasteiger partial charge is 0.165 e. The first-order valence-corrected chi connectivity index (χ1v) is 9.02. The monoisotopic (exact) mass is 327 g/mol. The Labute approximate surface area is 135 Å². The van der Waals surface area contributed by atoms with Crippen molar-refractivity contribution in [1.29, 1.82) is 0 Å². The van der Waals surface area contributed by atoms with Crippen LogP contribution in [0.3, 0.4) is 0 Å². The van der Waals surface area contributed by atoms with Crippen LogP contribution in [0.1, 0.15) is 58.6 Å². The lowest BCUT2D eigenvalue weighted by atomic mass is 10.1. The van der Waals surface area contributed by atoms with Crippen LogP contribution in [0.25, 0.3) is 0 Å². The zero-order valence-corrected chi connectivity index (χ0v) is 14.6. The Kier molecular flexibility index (Phi) is 5.61. The Balaban J connectivity index is 1.98. The first kappa shape index (κ1) is 17.4. The van der Waals surface area contributed by atoms with Crippen molar-refractivity contribution in [2.45, 2.75) is 57.7 Å². The fourth-order valence-corrected chi connectivity index (χ4v) is 2.86. The Morgan fingerprint density at radius 1 is 1.41 bits per heavy atom. The molecular weight excluding hydrogens is 301 g/mol. The second-order valence-corrected chi connectivity index (χ2v) is 8.99. The van der Waals surface area contributed by atoms with Crippen molar-refractivity contribution in [1.82, 2.24) is 4.72 Å². The number of hydrogen-bond donors (Lipinski definition) is 1. The van der Waals surface area contributed by atoms with Gasteiger partial charge in [-0.2, -0.15) is 0 Å². The third-order valence-electron chi connectivity index (χ3n) is 3.78. The highest BCUT2D eigenvalue weighted by molar-refractivity contribution is 7.84. The third kappa shape index (κ3) is 5.06. The number of benzene rings is 1. The van der Waals surface area contributed by atoms with E-state index >= 15 is 0 Å². The Morgan fingerprint density at radius 3 is 2.68 bits per heavy atom. The molecule has 1 aliphatic carbocycles. The summed E-state index contributed by atoms with van der Waals surface area (Å²) in [6.07, 6.45) is 3.53. The van der Waals surface area contributed by atoms with Crippen LogP contribution in [0.4, 0.5) is 4.39 Å². The minimum atomic E-state index is -1.17. The molecule has 1 fully saturated rings. The molecule has 124 valence electrons. The molecule has 1 aromatic carbocycles. The molecular formula is C17H26FNO2S. The molecule has 3 nitrogen and oxygen atoms in total. The standard InChI is InChI=1S/C17H26FNO2S/c1-12(19-22(20)17(2,3)4)14-7-8-15(18)16(11-14)21-10-9-13-5-6-13/h7-8,11-13,19H,5-6,9-10H2,1-4H3/t12-,22-/m0/s1. The summed E-state index contributed by atoms with van der Waals surface area (Å²) >= 11 is 0. The van der Waals surface area contributed by atoms with Crippen LogP contribution < -0.4 is 9.46 Å². The summed E-state index contributed by atoms with van der Waals surface area (Å²) in [5.41, 5.74) is 0.875. The van der Waals surface area contributed by atoms with Crippen molar-refractivity contribution >= 4 is 11.0 Å². The summed E-state index contributed by atoms with van der Waals surface area (Å²) in [4.78, 5) is 0. The average Bonchev–Trinajstić information content (AvgIpc) is 3.23. The molecule has 0 amide bonds. The number of rotatable bonds is 7. The molecule has 0 saturated heterocycles. The molecule has 1 aromatic rings. The molecule has 5 heteroatoms. The molecule has 0 aromatic heterocycles. The van der Waals surface area contributed by atoms with Gasteiger partial charge in [-0.25, -0.2) is 13.3 Å². The fourth-order valence-electron chi connectivity index (χ4n) is 2.05. The summed E-state index contributed by atoms with van der Waals surface area (Å²) in [6.45, 7) is 8.23. The molecule has 2 atom stereocenters. The van der Waals surface area contributed by atoms with Gasteiger partial charge in [0.05, 0.1) is 22.3 Å². The fraction of sp³-hybridized carbons (Fsp3) is 0.647. The molecule has 0 heterocycles. The van der Waals surface area contributed by atoms with E-state index in [0.717, 1.165) is 17.9 Å². The molecule has 0 bridgehead atoms. The van der Waals surface area contributed by atoms with Gasteiger partial charge in [-0.3, -0.25) is 0 Å². The maximum atomic E-state index is 13.8. The van der Waals surface area contributed by atoms with Gasteiger partial charge < -0.3 is 4.74 Å². The largest absolute Gasteiger partial charge is 0.490 e. The van der Waals surface area contributed by atoms with Crippen molar-refractivity contribution in [3.63, 3.8) is 0 Å². The highest BCUT2D eigenvalue weighted by Gasteiger charge is 2.23. The second kappa shape index (κ2) is 7.09. The zero-order valence-electron chi connectivity index (χ0n) is 13.8. The van der Waals surface area contributed by atoms with Gasteiger partial charge in [-0.05, 0) is 57.7 Å². The van der Waals surface area contributed by atoms with Crippen molar-refractivity contribution in [3.8, 4) is 5.75 Å². The minimum Gasteiger partial charge on any atom is -0.490 e. The predicted octanol–water partition coefficient (Wildman–Crippen LogP) is 4.12. The minimum absolute atomic E-state index is 0.133. The van der Waals surface area contributed by atoms with Crippen LogP contribution >= 0.6 is 0 Å². The topological polar surface area (TPSA) is 38.3 Å². The molecule has 0 radical (unpaired) electrons.